The van der Waals surface area contributed by atoms with Gasteiger partial charge in [-0.15, -0.1) is 0 Å². The van der Waals surface area contributed by atoms with Gasteiger partial charge in [-0.3, -0.25) is 0 Å². The van der Waals surface area contributed by atoms with Crippen molar-refractivity contribution in [2.45, 2.75) is 45.1 Å². The topological polar surface area (TPSA) is 26.0 Å². The van der Waals surface area contributed by atoms with Gasteiger partial charge in [-0.2, -0.15) is 0 Å². The van der Waals surface area contributed by atoms with Crippen molar-refractivity contribution in [1.29, 1.82) is 0 Å². The van der Waals surface area contributed by atoms with Crippen molar-refractivity contribution >= 4 is 0 Å². The molecule has 9 heavy (non-hydrogen) atoms. The molecule has 1 unspecified atom stereocenters. The second kappa shape index (κ2) is 3.21. The highest BCUT2D eigenvalue weighted by molar-refractivity contribution is 4.72. The van der Waals surface area contributed by atoms with E-state index in [1.54, 1.807) is 0 Å². The standard InChI is InChI=1S/C8H17N/c1-7(9)8-5-3-2-4-6-8/h7-8H,2-6,9H2,1H3. The van der Waals surface area contributed by atoms with Gasteiger partial charge in [0, 0.05) is 6.04 Å². The Morgan fingerprint density at radius 1 is 1.22 bits per heavy atom. The maximum atomic E-state index is 5.77. The summed E-state index contributed by atoms with van der Waals surface area (Å²) < 4.78 is 0. The summed E-state index contributed by atoms with van der Waals surface area (Å²) in [5.41, 5.74) is 5.77. The minimum atomic E-state index is 0.435. The summed E-state index contributed by atoms with van der Waals surface area (Å²) in [5, 5.41) is 0. The number of hydrogen-bond acceptors (Lipinski definition) is 1. The number of nitrogens with two attached hydrogens (primary N) is 1. The van der Waals surface area contributed by atoms with Crippen LogP contribution in [0.25, 0.3) is 0 Å². The average molecular weight is 127 g/mol. The lowest BCUT2D eigenvalue weighted by Crippen LogP contribution is -2.27. The van der Waals surface area contributed by atoms with Gasteiger partial charge in [0.15, 0.2) is 0 Å². The van der Waals surface area contributed by atoms with Gasteiger partial charge in [0.25, 0.3) is 0 Å². The zero-order chi connectivity index (χ0) is 6.69. The van der Waals surface area contributed by atoms with E-state index in [1.807, 2.05) is 0 Å². The molecule has 0 radical (unpaired) electrons. The minimum absolute atomic E-state index is 0.435. The van der Waals surface area contributed by atoms with Crippen LogP contribution in [0.3, 0.4) is 0 Å². The Hall–Kier alpha value is -0.0400. The van der Waals surface area contributed by atoms with Crippen molar-refractivity contribution in [3.8, 4) is 0 Å². The fourth-order valence-corrected chi connectivity index (χ4v) is 1.66. The summed E-state index contributed by atoms with van der Waals surface area (Å²) in [6.45, 7) is 2.13. The van der Waals surface area contributed by atoms with Crippen molar-refractivity contribution < 1.29 is 0 Å². The van der Waals surface area contributed by atoms with Crippen LogP contribution in [0, 0.1) is 5.92 Å². The van der Waals surface area contributed by atoms with E-state index in [-0.39, 0.29) is 0 Å². The molecule has 0 spiro atoms. The quantitative estimate of drug-likeness (QED) is 0.572. The number of hydrogen-bond donors (Lipinski definition) is 1. The number of rotatable bonds is 1. The molecule has 0 aromatic carbocycles. The molecule has 1 rings (SSSR count). The summed E-state index contributed by atoms with van der Waals surface area (Å²) in [7, 11) is 0. The molecule has 0 saturated heterocycles. The lowest BCUT2D eigenvalue weighted by atomic mass is 9.85. The predicted octanol–water partition coefficient (Wildman–Crippen LogP) is 1.91. The summed E-state index contributed by atoms with van der Waals surface area (Å²) in [5.74, 6) is 0.832. The third kappa shape index (κ3) is 1.98. The molecular weight excluding hydrogens is 110 g/mol. The molecule has 1 saturated carbocycles. The third-order valence-electron chi connectivity index (χ3n) is 2.39. The molecule has 1 fully saturated rings. The van der Waals surface area contributed by atoms with Crippen molar-refractivity contribution in [2.75, 3.05) is 0 Å². The zero-order valence-electron chi connectivity index (χ0n) is 6.27. The van der Waals surface area contributed by atoms with Crippen LogP contribution in [-0.4, -0.2) is 6.04 Å². The first-order valence-electron chi connectivity index (χ1n) is 4.06. The molecule has 54 valence electrons. The lowest BCUT2D eigenvalue weighted by Gasteiger charge is -2.24. The highest BCUT2D eigenvalue weighted by Crippen LogP contribution is 2.25. The molecule has 0 amide bonds. The molecule has 0 heterocycles. The largest absolute Gasteiger partial charge is 0.328 e. The first-order chi connectivity index (χ1) is 4.30. The van der Waals surface area contributed by atoms with E-state index in [2.05, 4.69) is 6.92 Å². The highest BCUT2D eigenvalue weighted by Gasteiger charge is 2.16. The molecule has 0 aliphatic heterocycles. The van der Waals surface area contributed by atoms with E-state index in [1.165, 1.54) is 32.1 Å². The van der Waals surface area contributed by atoms with Crippen LogP contribution in [0.15, 0.2) is 0 Å². The fraction of sp³-hybridized carbons (Fsp3) is 1.00. The smallest absolute Gasteiger partial charge is 0.00387 e. The van der Waals surface area contributed by atoms with Gasteiger partial charge in [0.05, 0.1) is 0 Å². The maximum Gasteiger partial charge on any atom is 0.00387 e. The van der Waals surface area contributed by atoms with Crippen LogP contribution >= 0.6 is 0 Å². The normalized spacial score (nSPS) is 26.0. The lowest BCUT2D eigenvalue weighted by molar-refractivity contribution is 0.316. The Morgan fingerprint density at radius 3 is 2.11 bits per heavy atom. The SMILES string of the molecule is CC(N)C1CCCCC1. The molecular formula is C8H17N. The second-order valence-electron chi connectivity index (χ2n) is 3.26. The molecule has 2 N–H and O–H groups in total. The van der Waals surface area contributed by atoms with E-state index in [9.17, 15) is 0 Å². The fourth-order valence-electron chi connectivity index (χ4n) is 1.66. The van der Waals surface area contributed by atoms with Crippen LogP contribution in [0.1, 0.15) is 39.0 Å². The van der Waals surface area contributed by atoms with Crippen molar-refractivity contribution in [1.82, 2.24) is 0 Å². The van der Waals surface area contributed by atoms with Gasteiger partial charge in [-0.1, -0.05) is 19.3 Å². The van der Waals surface area contributed by atoms with Crippen LogP contribution < -0.4 is 5.73 Å². The average Bonchev–Trinajstić information content (AvgIpc) is 1.90. The first-order valence-corrected chi connectivity index (χ1v) is 4.06. The zero-order valence-corrected chi connectivity index (χ0v) is 6.27. The maximum absolute atomic E-state index is 5.77. The molecule has 0 aromatic rings. The third-order valence-corrected chi connectivity index (χ3v) is 2.39. The van der Waals surface area contributed by atoms with E-state index < -0.39 is 0 Å². The summed E-state index contributed by atoms with van der Waals surface area (Å²) in [6, 6.07) is 0.435. The molecule has 1 aliphatic carbocycles. The Morgan fingerprint density at radius 2 is 1.78 bits per heavy atom. The summed E-state index contributed by atoms with van der Waals surface area (Å²) in [6.07, 6.45) is 7.00. The molecule has 0 aromatic heterocycles. The van der Waals surface area contributed by atoms with Gasteiger partial charge in [-0.25, -0.2) is 0 Å². The van der Waals surface area contributed by atoms with Crippen molar-refractivity contribution in [3.05, 3.63) is 0 Å². The van der Waals surface area contributed by atoms with Crippen LogP contribution in [0.2, 0.25) is 0 Å². The summed E-state index contributed by atoms with van der Waals surface area (Å²) >= 11 is 0. The van der Waals surface area contributed by atoms with Crippen LogP contribution in [0.4, 0.5) is 0 Å². The monoisotopic (exact) mass is 127 g/mol. The Labute approximate surface area is 57.6 Å². The van der Waals surface area contributed by atoms with Gasteiger partial charge in [0.2, 0.25) is 0 Å². The van der Waals surface area contributed by atoms with Gasteiger partial charge in [-0.05, 0) is 25.7 Å². The Kier molecular flexibility index (Phi) is 2.52. The molecule has 1 nitrogen and oxygen atoms in total. The summed E-state index contributed by atoms with van der Waals surface area (Å²) in [4.78, 5) is 0. The van der Waals surface area contributed by atoms with Crippen LogP contribution in [-0.2, 0) is 0 Å². The van der Waals surface area contributed by atoms with Crippen LogP contribution in [0.5, 0.6) is 0 Å². The molecule has 1 aliphatic rings. The first kappa shape index (κ1) is 7.07. The highest BCUT2D eigenvalue weighted by atomic mass is 14.6. The minimum Gasteiger partial charge on any atom is -0.328 e. The molecule has 1 atom stereocenters. The van der Waals surface area contributed by atoms with Gasteiger partial charge >= 0.3 is 0 Å². The van der Waals surface area contributed by atoms with Gasteiger partial charge < -0.3 is 5.73 Å². The van der Waals surface area contributed by atoms with E-state index >= 15 is 0 Å². The molecule has 1 heteroatoms. The van der Waals surface area contributed by atoms with Crippen molar-refractivity contribution in [2.24, 2.45) is 11.7 Å². The predicted molar refractivity (Wildman–Crippen MR) is 40.2 cm³/mol. The Balaban J connectivity index is 2.23. The van der Waals surface area contributed by atoms with E-state index in [0.717, 1.165) is 5.92 Å². The van der Waals surface area contributed by atoms with Gasteiger partial charge in [0.1, 0.15) is 0 Å². The van der Waals surface area contributed by atoms with E-state index in [0.29, 0.717) is 6.04 Å². The van der Waals surface area contributed by atoms with Crippen molar-refractivity contribution in [3.63, 3.8) is 0 Å². The molecule has 0 bridgehead atoms. The Bertz CT molecular complexity index is 72.6. The van der Waals surface area contributed by atoms with E-state index in [4.69, 9.17) is 5.73 Å². The second-order valence-corrected chi connectivity index (χ2v) is 3.26.